The number of urea groups is 1. The summed E-state index contributed by atoms with van der Waals surface area (Å²) in [6, 6.07) is 6.93. The van der Waals surface area contributed by atoms with E-state index in [2.05, 4.69) is 12.2 Å². The first kappa shape index (κ1) is 16.8. The number of carbonyl (C=O) groups is 2. The molecule has 1 rings (SSSR count). The highest BCUT2D eigenvalue weighted by Crippen LogP contribution is 2.12. The van der Waals surface area contributed by atoms with Gasteiger partial charge in [0.25, 0.3) is 0 Å². The molecule has 0 aliphatic heterocycles. The quantitative estimate of drug-likeness (QED) is 0.756. The number of hydrogen-bond acceptors (Lipinski definition) is 2. The first-order valence-electron chi connectivity index (χ1n) is 7.13. The van der Waals surface area contributed by atoms with Crippen LogP contribution >= 0.6 is 0 Å². The van der Waals surface area contributed by atoms with Crippen LogP contribution in [0.25, 0.3) is 6.08 Å². The van der Waals surface area contributed by atoms with Crippen LogP contribution in [0.15, 0.2) is 30.3 Å². The van der Waals surface area contributed by atoms with Crippen LogP contribution < -0.4 is 5.32 Å². The van der Waals surface area contributed by atoms with E-state index in [0.29, 0.717) is 12.2 Å². The van der Waals surface area contributed by atoms with Crippen molar-refractivity contribution in [1.29, 1.82) is 0 Å². The molecule has 0 unspecified atom stereocenters. The zero-order chi connectivity index (χ0) is 15.7. The number of carboxylic acids is 1. The normalized spacial score (nSPS) is 10.6. The molecule has 0 aliphatic carbocycles. The highest BCUT2D eigenvalue weighted by atomic mass is 16.4. The largest absolute Gasteiger partial charge is 0.478 e. The van der Waals surface area contributed by atoms with Crippen molar-refractivity contribution in [2.24, 2.45) is 0 Å². The Labute approximate surface area is 125 Å². The number of nitrogens with one attached hydrogen (secondary N) is 1. The minimum atomic E-state index is -0.984. The summed E-state index contributed by atoms with van der Waals surface area (Å²) in [7, 11) is 0. The lowest BCUT2D eigenvalue weighted by Crippen LogP contribution is -2.35. The maximum absolute atomic E-state index is 12.1. The van der Waals surface area contributed by atoms with Crippen LogP contribution in [-0.4, -0.2) is 35.1 Å². The number of carbonyl (C=O) groups excluding carboxylic acids is 1. The molecule has 21 heavy (non-hydrogen) atoms. The van der Waals surface area contributed by atoms with Crippen LogP contribution in [0.1, 0.15) is 32.3 Å². The lowest BCUT2D eigenvalue weighted by Gasteiger charge is -2.21. The predicted molar refractivity (Wildman–Crippen MR) is 84.3 cm³/mol. The third-order valence-electron chi connectivity index (χ3n) is 3.03. The fourth-order valence-corrected chi connectivity index (χ4v) is 1.80. The summed E-state index contributed by atoms with van der Waals surface area (Å²) < 4.78 is 0. The molecular formula is C16H22N2O3. The Hall–Kier alpha value is -2.30. The van der Waals surface area contributed by atoms with Gasteiger partial charge in [-0.25, -0.2) is 9.59 Å². The molecule has 0 aliphatic rings. The molecule has 114 valence electrons. The molecule has 0 aromatic heterocycles. The summed E-state index contributed by atoms with van der Waals surface area (Å²) in [6.45, 7) is 5.47. The number of rotatable bonds is 7. The Balaban J connectivity index is 2.62. The summed E-state index contributed by atoms with van der Waals surface area (Å²) in [6.07, 6.45) is 4.62. The van der Waals surface area contributed by atoms with E-state index in [9.17, 15) is 9.59 Å². The lowest BCUT2D eigenvalue weighted by molar-refractivity contribution is -0.131. The number of benzene rings is 1. The summed E-state index contributed by atoms with van der Waals surface area (Å²) >= 11 is 0. The van der Waals surface area contributed by atoms with Gasteiger partial charge in [-0.15, -0.1) is 0 Å². The van der Waals surface area contributed by atoms with E-state index in [-0.39, 0.29) is 6.03 Å². The number of unbranched alkanes of at least 4 members (excludes halogenated alkanes) is 1. The van der Waals surface area contributed by atoms with Gasteiger partial charge in [0, 0.05) is 24.9 Å². The first-order valence-corrected chi connectivity index (χ1v) is 7.13. The van der Waals surface area contributed by atoms with Crippen molar-refractivity contribution in [3.05, 3.63) is 35.9 Å². The average molecular weight is 290 g/mol. The minimum Gasteiger partial charge on any atom is -0.478 e. The number of amides is 2. The van der Waals surface area contributed by atoms with Gasteiger partial charge in [0.05, 0.1) is 0 Å². The predicted octanol–water partition coefficient (Wildman–Crippen LogP) is 3.44. The van der Waals surface area contributed by atoms with E-state index in [1.165, 1.54) is 6.08 Å². The summed E-state index contributed by atoms with van der Waals surface area (Å²) in [5.74, 6) is -0.984. The van der Waals surface area contributed by atoms with E-state index < -0.39 is 5.97 Å². The zero-order valence-corrected chi connectivity index (χ0v) is 12.5. The van der Waals surface area contributed by atoms with Crippen molar-refractivity contribution in [3.63, 3.8) is 0 Å². The van der Waals surface area contributed by atoms with Gasteiger partial charge in [-0.1, -0.05) is 25.5 Å². The second-order valence-corrected chi connectivity index (χ2v) is 4.66. The molecule has 1 aromatic carbocycles. The fraction of sp³-hybridized carbons (Fsp3) is 0.375. The van der Waals surface area contributed by atoms with E-state index in [1.54, 1.807) is 29.2 Å². The molecular weight excluding hydrogens is 268 g/mol. The first-order chi connectivity index (χ1) is 10.1. The van der Waals surface area contributed by atoms with Crippen molar-refractivity contribution in [2.75, 3.05) is 18.4 Å². The SMILES string of the molecule is CCCCN(CC)C(=O)Nc1ccc(/C=C/C(=O)O)cc1. The van der Waals surface area contributed by atoms with Crippen LogP contribution in [0.2, 0.25) is 0 Å². The highest BCUT2D eigenvalue weighted by molar-refractivity contribution is 5.89. The third-order valence-corrected chi connectivity index (χ3v) is 3.03. The Bertz CT molecular complexity index is 495. The fourth-order valence-electron chi connectivity index (χ4n) is 1.80. The van der Waals surface area contributed by atoms with Crippen molar-refractivity contribution in [3.8, 4) is 0 Å². The maximum Gasteiger partial charge on any atom is 0.328 e. The van der Waals surface area contributed by atoms with E-state index in [4.69, 9.17) is 5.11 Å². The average Bonchev–Trinajstić information content (AvgIpc) is 2.47. The Kier molecular flexibility index (Phi) is 7.01. The van der Waals surface area contributed by atoms with Crippen LogP contribution in [0, 0.1) is 0 Å². The van der Waals surface area contributed by atoms with Crippen LogP contribution in [-0.2, 0) is 4.79 Å². The second kappa shape index (κ2) is 8.79. The highest BCUT2D eigenvalue weighted by Gasteiger charge is 2.10. The number of hydrogen-bond donors (Lipinski definition) is 2. The maximum atomic E-state index is 12.1. The van der Waals surface area contributed by atoms with Crippen LogP contribution in [0.3, 0.4) is 0 Å². The van der Waals surface area contributed by atoms with Crippen molar-refractivity contribution in [1.82, 2.24) is 4.90 Å². The van der Waals surface area contributed by atoms with Crippen molar-refractivity contribution >= 4 is 23.8 Å². The molecule has 0 spiro atoms. The Morgan fingerprint density at radius 2 is 1.90 bits per heavy atom. The molecule has 0 atom stereocenters. The molecule has 0 saturated carbocycles. The third kappa shape index (κ3) is 6.12. The lowest BCUT2D eigenvalue weighted by atomic mass is 10.2. The standard InChI is InChI=1S/C16H22N2O3/c1-3-5-12-18(4-2)16(21)17-14-9-6-13(7-10-14)8-11-15(19)20/h6-11H,3-5,12H2,1-2H3,(H,17,21)(H,19,20)/b11-8+. The monoisotopic (exact) mass is 290 g/mol. The molecule has 2 N–H and O–H groups in total. The van der Waals surface area contributed by atoms with Crippen molar-refractivity contribution in [2.45, 2.75) is 26.7 Å². The van der Waals surface area contributed by atoms with Crippen LogP contribution in [0.4, 0.5) is 10.5 Å². The van der Waals surface area contributed by atoms with E-state index in [1.807, 2.05) is 6.92 Å². The molecule has 0 fully saturated rings. The summed E-state index contributed by atoms with van der Waals surface area (Å²) in [5, 5.41) is 11.4. The topological polar surface area (TPSA) is 69.6 Å². The summed E-state index contributed by atoms with van der Waals surface area (Å²) in [5.41, 5.74) is 1.47. The molecule has 5 nitrogen and oxygen atoms in total. The number of nitrogens with zero attached hydrogens (tertiary/aromatic N) is 1. The Morgan fingerprint density at radius 1 is 1.24 bits per heavy atom. The zero-order valence-electron chi connectivity index (χ0n) is 12.5. The molecule has 5 heteroatoms. The minimum absolute atomic E-state index is 0.111. The van der Waals surface area contributed by atoms with E-state index >= 15 is 0 Å². The number of anilines is 1. The molecule has 1 aromatic rings. The van der Waals surface area contributed by atoms with Crippen LogP contribution in [0.5, 0.6) is 0 Å². The Morgan fingerprint density at radius 3 is 2.43 bits per heavy atom. The molecule has 0 radical (unpaired) electrons. The number of carboxylic acid groups (broad SMARTS) is 1. The van der Waals surface area contributed by atoms with Gasteiger partial charge >= 0.3 is 12.0 Å². The van der Waals surface area contributed by atoms with Crippen molar-refractivity contribution < 1.29 is 14.7 Å². The molecule has 0 saturated heterocycles. The molecule has 0 bridgehead atoms. The summed E-state index contributed by atoms with van der Waals surface area (Å²) in [4.78, 5) is 24.3. The van der Waals surface area contributed by atoms with Gasteiger partial charge in [-0.05, 0) is 37.1 Å². The van der Waals surface area contributed by atoms with Gasteiger partial charge in [0.15, 0.2) is 0 Å². The number of aliphatic carboxylic acids is 1. The van der Waals surface area contributed by atoms with Gasteiger partial charge in [-0.3, -0.25) is 0 Å². The van der Waals surface area contributed by atoms with Gasteiger partial charge in [0.2, 0.25) is 0 Å². The van der Waals surface area contributed by atoms with Gasteiger partial charge < -0.3 is 15.3 Å². The van der Waals surface area contributed by atoms with E-state index in [0.717, 1.165) is 31.0 Å². The smallest absolute Gasteiger partial charge is 0.328 e. The van der Waals surface area contributed by atoms with Gasteiger partial charge in [-0.2, -0.15) is 0 Å². The molecule has 2 amide bonds. The second-order valence-electron chi connectivity index (χ2n) is 4.66. The van der Waals surface area contributed by atoms with Gasteiger partial charge in [0.1, 0.15) is 0 Å². The molecule has 0 heterocycles.